The summed E-state index contributed by atoms with van der Waals surface area (Å²) in [6, 6.07) is 0. The third kappa shape index (κ3) is 54.7. The van der Waals surface area contributed by atoms with Crippen LogP contribution in [-0.2, 0) is 28.6 Å². The van der Waals surface area contributed by atoms with Crippen LogP contribution in [0.15, 0.2) is 24.3 Å². The first kappa shape index (κ1) is 64.9. The van der Waals surface area contributed by atoms with E-state index >= 15 is 0 Å². The second-order valence-electron chi connectivity index (χ2n) is 20.3. The number of esters is 3. The molecule has 0 N–H and O–H groups in total. The highest BCUT2D eigenvalue weighted by Crippen LogP contribution is 2.17. The minimum Gasteiger partial charge on any atom is -0.462 e. The zero-order valence-electron chi connectivity index (χ0n) is 45.2. The van der Waals surface area contributed by atoms with E-state index in [0.717, 1.165) is 64.2 Å². The van der Waals surface area contributed by atoms with E-state index in [4.69, 9.17) is 14.2 Å². The van der Waals surface area contributed by atoms with Crippen LogP contribution in [0.2, 0.25) is 0 Å². The van der Waals surface area contributed by atoms with E-state index in [1.54, 1.807) is 0 Å². The minimum absolute atomic E-state index is 0.0738. The predicted octanol–water partition coefficient (Wildman–Crippen LogP) is 19.9. The Morgan fingerprint density at radius 1 is 0.284 bits per heavy atom. The first-order valence-corrected chi connectivity index (χ1v) is 29.8. The van der Waals surface area contributed by atoms with Crippen LogP contribution >= 0.6 is 0 Å². The lowest BCUT2D eigenvalue weighted by atomic mass is 10.0. The lowest BCUT2D eigenvalue weighted by molar-refractivity contribution is -0.167. The first-order valence-electron chi connectivity index (χ1n) is 29.8. The van der Waals surface area contributed by atoms with Crippen molar-refractivity contribution in [2.75, 3.05) is 13.2 Å². The molecule has 0 bridgehead atoms. The van der Waals surface area contributed by atoms with Crippen LogP contribution < -0.4 is 0 Å². The van der Waals surface area contributed by atoms with Gasteiger partial charge in [0.25, 0.3) is 0 Å². The number of hydrogen-bond acceptors (Lipinski definition) is 6. The molecule has 0 saturated carbocycles. The highest BCUT2D eigenvalue weighted by molar-refractivity contribution is 5.71. The number of ether oxygens (including phenoxy) is 3. The van der Waals surface area contributed by atoms with Gasteiger partial charge in [-0.15, -0.1) is 0 Å². The maximum absolute atomic E-state index is 12.9. The molecule has 394 valence electrons. The van der Waals surface area contributed by atoms with Crippen molar-refractivity contribution in [3.05, 3.63) is 24.3 Å². The van der Waals surface area contributed by atoms with Crippen LogP contribution in [0.4, 0.5) is 0 Å². The zero-order valence-corrected chi connectivity index (χ0v) is 45.2. The molecule has 6 heteroatoms. The van der Waals surface area contributed by atoms with Crippen molar-refractivity contribution in [2.45, 2.75) is 335 Å². The average Bonchev–Trinajstić information content (AvgIpc) is 3.33. The summed E-state index contributed by atoms with van der Waals surface area (Å²) >= 11 is 0. The van der Waals surface area contributed by atoms with Gasteiger partial charge in [-0.05, 0) is 70.6 Å². The molecule has 0 fully saturated rings. The van der Waals surface area contributed by atoms with Gasteiger partial charge >= 0.3 is 17.9 Å². The summed E-state index contributed by atoms with van der Waals surface area (Å²) in [6.45, 7) is 6.67. The Hall–Kier alpha value is -2.11. The number of rotatable bonds is 55. The van der Waals surface area contributed by atoms with Gasteiger partial charge in [0.1, 0.15) is 13.2 Å². The summed E-state index contributed by atoms with van der Waals surface area (Å²) in [4.78, 5) is 38.2. The topological polar surface area (TPSA) is 78.9 Å². The Labute approximate surface area is 417 Å². The summed E-state index contributed by atoms with van der Waals surface area (Å²) in [5.74, 6) is -0.872. The van der Waals surface area contributed by atoms with E-state index in [2.05, 4.69) is 45.1 Å². The Morgan fingerprint density at radius 3 is 0.761 bits per heavy atom. The Balaban J connectivity index is 4.33. The lowest BCUT2D eigenvalue weighted by Crippen LogP contribution is -2.30. The van der Waals surface area contributed by atoms with Gasteiger partial charge in [0.15, 0.2) is 6.10 Å². The van der Waals surface area contributed by atoms with Crippen molar-refractivity contribution in [3.8, 4) is 0 Å². The van der Waals surface area contributed by atoms with Crippen molar-refractivity contribution in [1.29, 1.82) is 0 Å². The Bertz CT molecular complexity index is 1080. The fourth-order valence-electron chi connectivity index (χ4n) is 8.91. The van der Waals surface area contributed by atoms with Crippen LogP contribution in [0.3, 0.4) is 0 Å². The molecule has 0 spiro atoms. The molecule has 0 amide bonds. The molecule has 6 nitrogen and oxygen atoms in total. The smallest absolute Gasteiger partial charge is 0.306 e. The van der Waals surface area contributed by atoms with Gasteiger partial charge < -0.3 is 14.2 Å². The van der Waals surface area contributed by atoms with Gasteiger partial charge in [0, 0.05) is 19.3 Å². The van der Waals surface area contributed by atoms with E-state index in [0.29, 0.717) is 19.3 Å². The van der Waals surface area contributed by atoms with Crippen LogP contribution in [-0.4, -0.2) is 37.2 Å². The summed E-state index contributed by atoms with van der Waals surface area (Å²) in [5.41, 5.74) is 0. The molecule has 0 radical (unpaired) electrons. The van der Waals surface area contributed by atoms with Crippen LogP contribution in [0, 0.1) is 0 Å². The van der Waals surface area contributed by atoms with E-state index in [9.17, 15) is 14.4 Å². The lowest BCUT2D eigenvalue weighted by Gasteiger charge is -2.18. The van der Waals surface area contributed by atoms with Crippen LogP contribution in [0.5, 0.6) is 0 Å². The van der Waals surface area contributed by atoms with Crippen molar-refractivity contribution in [3.63, 3.8) is 0 Å². The van der Waals surface area contributed by atoms with E-state index in [1.807, 2.05) is 0 Å². The van der Waals surface area contributed by atoms with Crippen molar-refractivity contribution < 1.29 is 28.6 Å². The molecule has 67 heavy (non-hydrogen) atoms. The van der Waals surface area contributed by atoms with E-state index in [1.165, 1.54) is 225 Å². The quantitative estimate of drug-likeness (QED) is 0.0262. The molecule has 0 aromatic carbocycles. The minimum atomic E-state index is -0.775. The summed E-state index contributed by atoms with van der Waals surface area (Å²) in [7, 11) is 0. The van der Waals surface area contributed by atoms with Crippen molar-refractivity contribution in [1.82, 2.24) is 0 Å². The monoisotopic (exact) mass is 943 g/mol. The van der Waals surface area contributed by atoms with Crippen LogP contribution in [0.25, 0.3) is 0 Å². The third-order valence-electron chi connectivity index (χ3n) is 13.4. The largest absolute Gasteiger partial charge is 0.462 e. The molecule has 0 aromatic rings. The first-order chi connectivity index (χ1) is 33.0. The predicted molar refractivity (Wildman–Crippen MR) is 289 cm³/mol. The summed E-state index contributed by atoms with van der Waals surface area (Å²) in [5, 5.41) is 0. The molecular weight excluding hydrogens is 829 g/mol. The van der Waals surface area contributed by atoms with Gasteiger partial charge in [-0.1, -0.05) is 263 Å². The molecule has 1 atom stereocenters. The number of allylic oxidation sites excluding steroid dienone is 4. The van der Waals surface area contributed by atoms with Crippen molar-refractivity contribution in [2.24, 2.45) is 0 Å². The van der Waals surface area contributed by atoms with Gasteiger partial charge in [-0.25, -0.2) is 0 Å². The number of carbonyl (C=O) groups excluding carboxylic acids is 3. The molecule has 1 unspecified atom stereocenters. The van der Waals surface area contributed by atoms with E-state index in [-0.39, 0.29) is 31.1 Å². The molecule has 0 aliphatic carbocycles. The molecular formula is C61H114O6. The molecule has 0 aliphatic rings. The maximum atomic E-state index is 12.9. The molecule has 0 heterocycles. The van der Waals surface area contributed by atoms with Gasteiger partial charge in [-0.2, -0.15) is 0 Å². The average molecular weight is 944 g/mol. The highest BCUT2D eigenvalue weighted by Gasteiger charge is 2.19. The Kier molecular flexibility index (Phi) is 54.7. The van der Waals surface area contributed by atoms with Crippen LogP contribution in [0.1, 0.15) is 329 Å². The van der Waals surface area contributed by atoms with Gasteiger partial charge in [0.2, 0.25) is 0 Å². The SMILES string of the molecule is CCCCCCCCC/C=C\CCCCCC(=O)OCC(COC(=O)CCCCCCCCC/C=C\CCCCCCCCCC)OC(=O)CCCCCCCCCCCCCCCCCC. The Morgan fingerprint density at radius 2 is 0.493 bits per heavy atom. The number of unbranched alkanes of at least 4 members (excludes halogenated alkanes) is 40. The van der Waals surface area contributed by atoms with Gasteiger partial charge in [0.05, 0.1) is 0 Å². The standard InChI is InChI=1S/C61H114O6/c1-4-7-10-13-16-19-22-25-28-30-31-32-34-36-39-42-45-48-51-54-60(63)66-57-58(56-65-59(62)53-50-47-44-41-38-35-27-24-21-18-15-12-9-6-3)67-61(64)55-52-49-46-43-40-37-33-29-26-23-20-17-14-11-8-5-2/h30-31,35,38,58H,4-29,32-34,36-37,39-57H2,1-3H3/b31-30-,38-35-. The summed E-state index contributed by atoms with van der Waals surface area (Å²) < 4.78 is 16.9. The maximum Gasteiger partial charge on any atom is 0.306 e. The zero-order chi connectivity index (χ0) is 48.6. The third-order valence-corrected chi connectivity index (χ3v) is 13.4. The van der Waals surface area contributed by atoms with Gasteiger partial charge in [-0.3, -0.25) is 14.4 Å². The normalized spacial score (nSPS) is 12.1. The fourth-order valence-corrected chi connectivity index (χ4v) is 8.91. The molecule has 0 aliphatic heterocycles. The second kappa shape index (κ2) is 56.5. The molecule has 0 rings (SSSR count). The van der Waals surface area contributed by atoms with E-state index < -0.39 is 6.10 Å². The number of carbonyl (C=O) groups is 3. The summed E-state index contributed by atoms with van der Waals surface area (Å²) in [6.07, 6.45) is 66.0. The number of hydrogen-bond donors (Lipinski definition) is 0. The molecule has 0 saturated heterocycles. The molecule has 0 aromatic heterocycles. The highest BCUT2D eigenvalue weighted by atomic mass is 16.6. The van der Waals surface area contributed by atoms with Crippen molar-refractivity contribution >= 4 is 17.9 Å². The second-order valence-corrected chi connectivity index (χ2v) is 20.3. The fraction of sp³-hybridized carbons (Fsp3) is 0.885.